The summed E-state index contributed by atoms with van der Waals surface area (Å²) in [6.07, 6.45) is 0. The van der Waals surface area contributed by atoms with Crippen molar-refractivity contribution < 1.29 is 4.79 Å². The van der Waals surface area contributed by atoms with Crippen LogP contribution in [-0.4, -0.2) is 24.0 Å². The number of halogens is 1. The lowest BCUT2D eigenvalue weighted by Gasteiger charge is -2.23. The minimum Gasteiger partial charge on any atom is -0.353 e. The molecule has 1 saturated heterocycles. The molecule has 0 radical (unpaired) electrons. The average molecular weight is 262 g/mol. The topological polar surface area (TPSA) is 54.0 Å². The number of hydrogen-bond donors (Lipinski definition) is 2. The summed E-state index contributed by atoms with van der Waals surface area (Å²) >= 11 is 5.95. The Kier molecular flexibility index (Phi) is 2.89. The molecule has 0 aliphatic carbocycles. The molecule has 92 valence electrons. The number of hydrogen-bond acceptors (Lipinski definition) is 3. The Bertz CT molecular complexity index is 614. The van der Waals surface area contributed by atoms with E-state index in [0.717, 1.165) is 23.1 Å². The maximum Gasteiger partial charge on any atom is 0.243 e. The molecule has 1 aliphatic heterocycles. The molecule has 0 spiro atoms. The first-order chi connectivity index (χ1) is 8.74. The third-order valence-electron chi connectivity index (χ3n) is 3.01. The standard InChI is InChI=1S/C13H12ClN3O/c14-9-3-1-8-2-4-10(17-11(8)7-9)12-13(18)16-6-5-15-12/h1-4,7,12,15H,5-6H2,(H,16,18). The van der Waals surface area contributed by atoms with Crippen LogP contribution in [0.4, 0.5) is 0 Å². The number of fused-ring (bicyclic) bond motifs is 1. The first-order valence-corrected chi connectivity index (χ1v) is 6.19. The molecule has 4 nitrogen and oxygen atoms in total. The van der Waals surface area contributed by atoms with Crippen molar-refractivity contribution in [3.05, 3.63) is 41.0 Å². The Labute approximate surface area is 109 Å². The average Bonchev–Trinajstić information content (AvgIpc) is 2.38. The number of carbonyl (C=O) groups excluding carboxylic acids is 1. The molecule has 1 unspecified atom stereocenters. The molecule has 3 rings (SSSR count). The van der Waals surface area contributed by atoms with Gasteiger partial charge in [-0.05, 0) is 18.2 Å². The highest BCUT2D eigenvalue weighted by molar-refractivity contribution is 6.31. The number of benzene rings is 1. The summed E-state index contributed by atoms with van der Waals surface area (Å²) in [6, 6.07) is 9.01. The van der Waals surface area contributed by atoms with Gasteiger partial charge in [0.15, 0.2) is 0 Å². The second-order valence-corrected chi connectivity index (χ2v) is 4.69. The molecule has 1 fully saturated rings. The Hall–Kier alpha value is -1.65. The second-order valence-electron chi connectivity index (χ2n) is 4.25. The number of pyridine rings is 1. The van der Waals surface area contributed by atoms with E-state index in [0.29, 0.717) is 11.6 Å². The number of nitrogens with zero attached hydrogens (tertiary/aromatic N) is 1. The summed E-state index contributed by atoms with van der Waals surface area (Å²) in [5.41, 5.74) is 1.53. The molecule has 2 N–H and O–H groups in total. The van der Waals surface area contributed by atoms with Crippen molar-refractivity contribution in [2.24, 2.45) is 0 Å². The third kappa shape index (κ3) is 2.05. The largest absolute Gasteiger partial charge is 0.353 e. The van der Waals surface area contributed by atoms with Crippen LogP contribution in [0, 0.1) is 0 Å². The fourth-order valence-corrected chi connectivity index (χ4v) is 2.27. The van der Waals surface area contributed by atoms with Crippen molar-refractivity contribution in [3.8, 4) is 0 Å². The van der Waals surface area contributed by atoms with Gasteiger partial charge in [-0.2, -0.15) is 0 Å². The molecule has 0 saturated carbocycles. The number of amides is 1. The maximum atomic E-state index is 11.8. The Morgan fingerprint density at radius 1 is 1.22 bits per heavy atom. The zero-order chi connectivity index (χ0) is 12.5. The number of aromatic nitrogens is 1. The van der Waals surface area contributed by atoms with Gasteiger partial charge in [-0.3, -0.25) is 15.1 Å². The van der Waals surface area contributed by atoms with Crippen LogP contribution in [0.5, 0.6) is 0 Å². The van der Waals surface area contributed by atoms with Gasteiger partial charge in [0.1, 0.15) is 6.04 Å². The van der Waals surface area contributed by atoms with Crippen molar-refractivity contribution >= 4 is 28.4 Å². The first kappa shape index (κ1) is 11.4. The molecule has 1 atom stereocenters. The normalized spacial score (nSPS) is 19.8. The van der Waals surface area contributed by atoms with Gasteiger partial charge < -0.3 is 5.32 Å². The van der Waals surface area contributed by atoms with E-state index in [1.807, 2.05) is 24.3 Å². The van der Waals surface area contributed by atoms with Crippen LogP contribution in [0.3, 0.4) is 0 Å². The maximum absolute atomic E-state index is 11.8. The highest BCUT2D eigenvalue weighted by atomic mass is 35.5. The van der Waals surface area contributed by atoms with Crippen molar-refractivity contribution in [2.45, 2.75) is 6.04 Å². The lowest BCUT2D eigenvalue weighted by molar-refractivity contribution is -0.124. The monoisotopic (exact) mass is 261 g/mol. The van der Waals surface area contributed by atoms with Crippen LogP contribution in [0.2, 0.25) is 5.02 Å². The fraction of sp³-hybridized carbons (Fsp3) is 0.231. The molecule has 1 aromatic carbocycles. The molecular formula is C13H12ClN3O. The fourth-order valence-electron chi connectivity index (χ4n) is 2.10. The quantitative estimate of drug-likeness (QED) is 0.821. The van der Waals surface area contributed by atoms with Gasteiger partial charge in [-0.25, -0.2) is 0 Å². The summed E-state index contributed by atoms with van der Waals surface area (Å²) < 4.78 is 0. The van der Waals surface area contributed by atoms with Crippen molar-refractivity contribution in [3.63, 3.8) is 0 Å². The molecule has 2 heterocycles. The van der Waals surface area contributed by atoms with E-state index in [2.05, 4.69) is 15.6 Å². The van der Waals surface area contributed by atoms with Gasteiger partial charge in [0, 0.05) is 23.5 Å². The smallest absolute Gasteiger partial charge is 0.243 e. The predicted octanol–water partition coefficient (Wildman–Crippen LogP) is 1.65. The molecule has 1 aromatic heterocycles. The summed E-state index contributed by atoms with van der Waals surface area (Å²) in [5, 5.41) is 7.64. The highest BCUT2D eigenvalue weighted by Crippen LogP contribution is 2.21. The van der Waals surface area contributed by atoms with Gasteiger partial charge in [0.25, 0.3) is 0 Å². The third-order valence-corrected chi connectivity index (χ3v) is 3.24. The number of carbonyl (C=O) groups is 1. The zero-order valence-electron chi connectivity index (χ0n) is 9.61. The molecule has 18 heavy (non-hydrogen) atoms. The van der Waals surface area contributed by atoms with Crippen LogP contribution in [-0.2, 0) is 4.79 Å². The number of piperazine rings is 1. The highest BCUT2D eigenvalue weighted by Gasteiger charge is 2.24. The minimum absolute atomic E-state index is 0.0323. The van der Waals surface area contributed by atoms with Gasteiger partial charge >= 0.3 is 0 Å². The van der Waals surface area contributed by atoms with Gasteiger partial charge in [0.05, 0.1) is 11.2 Å². The second kappa shape index (κ2) is 4.55. The van der Waals surface area contributed by atoms with E-state index in [9.17, 15) is 4.79 Å². The number of rotatable bonds is 1. The number of nitrogens with one attached hydrogen (secondary N) is 2. The lowest BCUT2D eigenvalue weighted by atomic mass is 10.1. The molecule has 0 bridgehead atoms. The van der Waals surface area contributed by atoms with Crippen LogP contribution in [0.25, 0.3) is 10.9 Å². The van der Waals surface area contributed by atoms with Crippen molar-refractivity contribution in [2.75, 3.05) is 13.1 Å². The van der Waals surface area contributed by atoms with Gasteiger partial charge in [0.2, 0.25) is 5.91 Å². The van der Waals surface area contributed by atoms with Gasteiger partial charge in [-0.15, -0.1) is 0 Å². The van der Waals surface area contributed by atoms with Crippen LogP contribution in [0.1, 0.15) is 11.7 Å². The zero-order valence-corrected chi connectivity index (χ0v) is 10.4. The summed E-state index contributed by atoms with van der Waals surface area (Å²) in [6.45, 7) is 1.42. The van der Waals surface area contributed by atoms with Crippen molar-refractivity contribution in [1.82, 2.24) is 15.6 Å². The molecule has 1 aliphatic rings. The summed E-state index contributed by atoms with van der Waals surface area (Å²) in [7, 11) is 0. The Morgan fingerprint density at radius 3 is 2.89 bits per heavy atom. The predicted molar refractivity (Wildman–Crippen MR) is 70.5 cm³/mol. The lowest BCUT2D eigenvalue weighted by Crippen LogP contribution is -2.47. The van der Waals surface area contributed by atoms with E-state index in [1.165, 1.54) is 0 Å². The van der Waals surface area contributed by atoms with E-state index in [1.54, 1.807) is 6.07 Å². The van der Waals surface area contributed by atoms with Gasteiger partial charge in [-0.1, -0.05) is 23.7 Å². The van der Waals surface area contributed by atoms with E-state index in [-0.39, 0.29) is 11.9 Å². The van der Waals surface area contributed by atoms with Crippen LogP contribution >= 0.6 is 11.6 Å². The summed E-state index contributed by atoms with van der Waals surface area (Å²) in [5.74, 6) is -0.0323. The minimum atomic E-state index is -0.373. The molecular weight excluding hydrogens is 250 g/mol. The van der Waals surface area contributed by atoms with Crippen LogP contribution < -0.4 is 10.6 Å². The Morgan fingerprint density at radius 2 is 2.06 bits per heavy atom. The van der Waals surface area contributed by atoms with Crippen LogP contribution in [0.15, 0.2) is 30.3 Å². The molecule has 5 heteroatoms. The van der Waals surface area contributed by atoms with E-state index >= 15 is 0 Å². The summed E-state index contributed by atoms with van der Waals surface area (Å²) in [4.78, 5) is 16.3. The first-order valence-electron chi connectivity index (χ1n) is 5.81. The Balaban J connectivity index is 2.04. The van der Waals surface area contributed by atoms with E-state index in [4.69, 9.17) is 11.6 Å². The molecule has 2 aromatic rings. The van der Waals surface area contributed by atoms with Crippen molar-refractivity contribution in [1.29, 1.82) is 0 Å². The van der Waals surface area contributed by atoms with E-state index < -0.39 is 0 Å². The SMILES string of the molecule is O=C1NCCNC1c1ccc2ccc(Cl)cc2n1. The molecule has 1 amide bonds.